The summed E-state index contributed by atoms with van der Waals surface area (Å²) in [4.78, 5) is 23.0. The molecule has 1 amide bonds. The van der Waals surface area contributed by atoms with Crippen molar-refractivity contribution in [2.75, 3.05) is 5.32 Å². The van der Waals surface area contributed by atoms with Crippen LogP contribution in [-0.4, -0.2) is 26.0 Å². The fourth-order valence-electron chi connectivity index (χ4n) is 1.14. The molecule has 2 rings (SSSR count). The quantitative estimate of drug-likeness (QED) is 0.843. The van der Waals surface area contributed by atoms with E-state index in [2.05, 4.69) is 20.3 Å². The van der Waals surface area contributed by atoms with Gasteiger partial charge >= 0.3 is 0 Å². The average Bonchev–Trinajstić information content (AvgIpc) is 2.29. The van der Waals surface area contributed by atoms with Gasteiger partial charge in [-0.05, 0) is 6.07 Å². The maximum absolute atomic E-state index is 11.7. The molecule has 0 radical (unpaired) electrons. The van der Waals surface area contributed by atoms with Crippen LogP contribution in [0.3, 0.4) is 0 Å². The Morgan fingerprint density at radius 2 is 2.00 bits per heavy atom. The first-order chi connectivity index (χ1) is 8.15. The maximum atomic E-state index is 11.7. The molecule has 0 aromatic carbocycles. The van der Waals surface area contributed by atoms with E-state index in [0.29, 0.717) is 0 Å². The summed E-state index contributed by atoms with van der Waals surface area (Å²) in [5.41, 5.74) is 0.215. The number of aromatic hydroxyl groups is 1. The average molecular weight is 251 g/mol. The topological polar surface area (TPSA) is 88.0 Å². The Hall–Kier alpha value is -2.21. The van der Waals surface area contributed by atoms with Crippen LogP contribution in [0.1, 0.15) is 10.4 Å². The molecule has 2 N–H and O–H groups in total. The molecule has 0 unspecified atom stereocenters. The van der Waals surface area contributed by atoms with E-state index in [0.717, 1.165) is 0 Å². The summed E-state index contributed by atoms with van der Waals surface area (Å²) < 4.78 is 0. The van der Waals surface area contributed by atoms with E-state index in [9.17, 15) is 9.90 Å². The number of anilines is 1. The first-order valence-corrected chi connectivity index (χ1v) is 4.96. The molecule has 17 heavy (non-hydrogen) atoms. The van der Waals surface area contributed by atoms with Gasteiger partial charge in [0.05, 0.1) is 24.2 Å². The molecule has 0 saturated heterocycles. The number of carbonyl (C=O) groups is 1. The molecular weight excluding hydrogens is 244 g/mol. The Morgan fingerprint density at radius 1 is 1.24 bits per heavy atom. The van der Waals surface area contributed by atoms with Gasteiger partial charge in [0.15, 0.2) is 5.82 Å². The van der Waals surface area contributed by atoms with E-state index in [1.54, 1.807) is 0 Å². The second-order valence-electron chi connectivity index (χ2n) is 3.11. The molecule has 0 bridgehead atoms. The standard InChI is InChI=1S/C10H7ClN4O2/c11-8-4-13-5-9(14-8)15-10(17)6-1-7(16)3-12-2-6/h1-5,16H,(H,14,15,17). The predicted octanol–water partition coefficient (Wildman–Crippen LogP) is 1.48. The molecule has 6 nitrogen and oxygen atoms in total. The molecule has 0 saturated carbocycles. The van der Waals surface area contributed by atoms with Crippen LogP contribution in [0.25, 0.3) is 0 Å². The Kier molecular flexibility index (Phi) is 3.15. The zero-order chi connectivity index (χ0) is 12.3. The minimum absolute atomic E-state index is 0.0881. The molecule has 2 aromatic rings. The van der Waals surface area contributed by atoms with Crippen molar-refractivity contribution in [1.82, 2.24) is 15.0 Å². The van der Waals surface area contributed by atoms with Gasteiger partial charge < -0.3 is 10.4 Å². The van der Waals surface area contributed by atoms with Crippen LogP contribution in [0.4, 0.5) is 5.82 Å². The largest absolute Gasteiger partial charge is 0.506 e. The molecule has 0 fully saturated rings. The van der Waals surface area contributed by atoms with Crippen molar-refractivity contribution in [3.63, 3.8) is 0 Å². The number of rotatable bonds is 2. The van der Waals surface area contributed by atoms with E-state index < -0.39 is 5.91 Å². The third kappa shape index (κ3) is 2.88. The summed E-state index contributed by atoms with van der Waals surface area (Å²) in [6, 6.07) is 1.29. The maximum Gasteiger partial charge on any atom is 0.258 e. The SMILES string of the molecule is O=C(Nc1cncc(Cl)n1)c1cncc(O)c1. The van der Waals surface area contributed by atoms with Crippen molar-refractivity contribution in [2.45, 2.75) is 0 Å². The number of hydrogen-bond donors (Lipinski definition) is 2. The zero-order valence-corrected chi connectivity index (χ0v) is 9.22. The molecule has 2 aromatic heterocycles. The number of pyridine rings is 1. The number of nitrogens with zero attached hydrogens (tertiary/aromatic N) is 3. The van der Waals surface area contributed by atoms with Crippen LogP contribution in [0.5, 0.6) is 5.75 Å². The fourth-order valence-corrected chi connectivity index (χ4v) is 1.29. The highest BCUT2D eigenvalue weighted by molar-refractivity contribution is 6.29. The Bertz CT molecular complexity index is 562. The lowest BCUT2D eigenvalue weighted by atomic mass is 10.2. The summed E-state index contributed by atoms with van der Waals surface area (Å²) >= 11 is 5.62. The Balaban J connectivity index is 2.17. The Labute approximate surface area is 101 Å². The first kappa shape index (κ1) is 11.3. The van der Waals surface area contributed by atoms with Crippen LogP contribution in [0, 0.1) is 0 Å². The smallest absolute Gasteiger partial charge is 0.258 e. The monoisotopic (exact) mass is 250 g/mol. The van der Waals surface area contributed by atoms with E-state index in [1.165, 1.54) is 30.9 Å². The summed E-state index contributed by atoms with van der Waals surface area (Å²) in [6.07, 6.45) is 5.27. The van der Waals surface area contributed by atoms with Crippen LogP contribution in [-0.2, 0) is 0 Å². The second kappa shape index (κ2) is 4.75. The van der Waals surface area contributed by atoms with Crippen molar-refractivity contribution in [3.05, 3.63) is 41.6 Å². The molecular formula is C10H7ClN4O2. The normalized spacial score (nSPS) is 9.94. The lowest BCUT2D eigenvalue weighted by molar-refractivity contribution is 0.102. The number of aromatic nitrogens is 3. The van der Waals surface area contributed by atoms with Gasteiger partial charge in [0.25, 0.3) is 5.91 Å². The van der Waals surface area contributed by atoms with E-state index in [1.807, 2.05) is 0 Å². The van der Waals surface area contributed by atoms with Crippen LogP contribution >= 0.6 is 11.6 Å². The highest BCUT2D eigenvalue weighted by atomic mass is 35.5. The van der Waals surface area contributed by atoms with E-state index in [-0.39, 0.29) is 22.3 Å². The molecule has 0 spiro atoms. The molecule has 7 heteroatoms. The second-order valence-corrected chi connectivity index (χ2v) is 3.50. The fraction of sp³-hybridized carbons (Fsp3) is 0. The van der Waals surface area contributed by atoms with Crippen LogP contribution < -0.4 is 5.32 Å². The van der Waals surface area contributed by atoms with Gasteiger partial charge in [-0.2, -0.15) is 0 Å². The lowest BCUT2D eigenvalue weighted by Crippen LogP contribution is -2.13. The van der Waals surface area contributed by atoms with E-state index >= 15 is 0 Å². The number of carbonyl (C=O) groups excluding carboxylic acids is 1. The number of halogens is 1. The van der Waals surface area contributed by atoms with Crippen LogP contribution in [0.2, 0.25) is 5.15 Å². The van der Waals surface area contributed by atoms with Crippen LogP contribution in [0.15, 0.2) is 30.9 Å². The third-order valence-electron chi connectivity index (χ3n) is 1.83. The van der Waals surface area contributed by atoms with Gasteiger partial charge in [0.2, 0.25) is 0 Å². The Morgan fingerprint density at radius 3 is 2.71 bits per heavy atom. The summed E-state index contributed by atoms with van der Waals surface area (Å²) in [7, 11) is 0. The number of nitrogens with one attached hydrogen (secondary N) is 1. The molecule has 0 aliphatic carbocycles. The minimum Gasteiger partial charge on any atom is -0.506 e. The summed E-state index contributed by atoms with van der Waals surface area (Å²) in [5.74, 6) is -0.314. The van der Waals surface area contributed by atoms with Gasteiger partial charge in [0.1, 0.15) is 10.9 Å². The lowest BCUT2D eigenvalue weighted by Gasteiger charge is -2.03. The van der Waals surface area contributed by atoms with Gasteiger partial charge in [-0.15, -0.1) is 0 Å². The van der Waals surface area contributed by atoms with Gasteiger partial charge in [0, 0.05) is 6.20 Å². The summed E-state index contributed by atoms with van der Waals surface area (Å²) in [5, 5.41) is 11.8. The van der Waals surface area contributed by atoms with Gasteiger partial charge in [-0.3, -0.25) is 14.8 Å². The molecule has 0 aliphatic heterocycles. The number of hydrogen-bond acceptors (Lipinski definition) is 5. The van der Waals surface area contributed by atoms with E-state index in [4.69, 9.17) is 11.6 Å². The minimum atomic E-state index is -0.454. The van der Waals surface area contributed by atoms with Crippen molar-refractivity contribution in [1.29, 1.82) is 0 Å². The first-order valence-electron chi connectivity index (χ1n) is 4.58. The zero-order valence-electron chi connectivity index (χ0n) is 8.46. The molecule has 0 atom stereocenters. The van der Waals surface area contributed by atoms with Gasteiger partial charge in [-0.25, -0.2) is 4.98 Å². The highest BCUT2D eigenvalue weighted by Crippen LogP contribution is 2.11. The van der Waals surface area contributed by atoms with Crippen molar-refractivity contribution >= 4 is 23.3 Å². The predicted molar refractivity (Wildman–Crippen MR) is 60.9 cm³/mol. The molecule has 86 valence electrons. The van der Waals surface area contributed by atoms with Crippen molar-refractivity contribution in [3.8, 4) is 5.75 Å². The molecule has 2 heterocycles. The number of amides is 1. The van der Waals surface area contributed by atoms with Gasteiger partial charge in [-0.1, -0.05) is 11.6 Å². The highest BCUT2D eigenvalue weighted by Gasteiger charge is 2.08. The summed E-state index contributed by atoms with van der Waals surface area (Å²) in [6.45, 7) is 0. The van der Waals surface area contributed by atoms with Crippen molar-refractivity contribution < 1.29 is 9.90 Å². The van der Waals surface area contributed by atoms with Crippen molar-refractivity contribution in [2.24, 2.45) is 0 Å². The third-order valence-corrected chi connectivity index (χ3v) is 2.01. The molecule has 0 aliphatic rings.